The SMILES string of the molecule is CC(C)n1c(C(=O)O)nc2c(Cl)cccc21. The third kappa shape index (κ3) is 1.55. The fourth-order valence-electron chi connectivity index (χ4n) is 1.76. The lowest BCUT2D eigenvalue weighted by atomic mass is 10.3. The minimum Gasteiger partial charge on any atom is -0.475 e. The second-order valence-corrected chi connectivity index (χ2v) is 4.22. The first-order valence-corrected chi connectivity index (χ1v) is 5.30. The largest absolute Gasteiger partial charge is 0.475 e. The van der Waals surface area contributed by atoms with Gasteiger partial charge in [0, 0.05) is 6.04 Å². The van der Waals surface area contributed by atoms with Crippen molar-refractivity contribution in [1.82, 2.24) is 9.55 Å². The lowest BCUT2D eigenvalue weighted by molar-refractivity contribution is 0.0677. The third-order valence-corrected chi connectivity index (χ3v) is 2.68. The van der Waals surface area contributed by atoms with Crippen LogP contribution >= 0.6 is 11.6 Å². The van der Waals surface area contributed by atoms with Gasteiger partial charge in [0.2, 0.25) is 5.82 Å². The van der Waals surface area contributed by atoms with E-state index in [1.165, 1.54) is 0 Å². The Labute approximate surface area is 97.5 Å². The number of carboxylic acid groups (broad SMARTS) is 1. The number of rotatable bonds is 2. The lowest BCUT2D eigenvalue weighted by Gasteiger charge is -2.10. The maximum absolute atomic E-state index is 11.1. The lowest BCUT2D eigenvalue weighted by Crippen LogP contribution is -2.11. The van der Waals surface area contributed by atoms with Gasteiger partial charge in [0.15, 0.2) is 0 Å². The van der Waals surface area contributed by atoms with Crippen molar-refractivity contribution in [3.05, 3.63) is 29.0 Å². The van der Waals surface area contributed by atoms with Gasteiger partial charge in [-0.3, -0.25) is 0 Å². The molecular formula is C11H11ClN2O2. The van der Waals surface area contributed by atoms with Crippen LogP contribution < -0.4 is 0 Å². The number of imidazole rings is 1. The smallest absolute Gasteiger partial charge is 0.372 e. The minimum atomic E-state index is -1.04. The predicted molar refractivity (Wildman–Crippen MR) is 62.1 cm³/mol. The first-order chi connectivity index (χ1) is 7.52. The van der Waals surface area contributed by atoms with E-state index in [-0.39, 0.29) is 11.9 Å². The molecule has 2 rings (SSSR count). The van der Waals surface area contributed by atoms with Crippen molar-refractivity contribution in [2.45, 2.75) is 19.9 Å². The van der Waals surface area contributed by atoms with Crippen LogP contribution in [0.25, 0.3) is 11.0 Å². The number of hydrogen-bond donors (Lipinski definition) is 1. The van der Waals surface area contributed by atoms with Gasteiger partial charge in [0.1, 0.15) is 5.52 Å². The standard InChI is InChI=1S/C11H11ClN2O2/c1-6(2)14-8-5-3-4-7(12)9(8)13-10(14)11(15)16/h3-6H,1-2H3,(H,15,16). The average Bonchev–Trinajstić information content (AvgIpc) is 2.58. The molecular weight excluding hydrogens is 228 g/mol. The summed E-state index contributed by atoms with van der Waals surface area (Å²) in [6, 6.07) is 5.33. The first-order valence-electron chi connectivity index (χ1n) is 4.92. The van der Waals surface area contributed by atoms with E-state index in [9.17, 15) is 4.79 Å². The van der Waals surface area contributed by atoms with E-state index in [4.69, 9.17) is 16.7 Å². The predicted octanol–water partition coefficient (Wildman–Crippen LogP) is 2.97. The van der Waals surface area contributed by atoms with E-state index in [1.807, 2.05) is 19.9 Å². The van der Waals surface area contributed by atoms with Gasteiger partial charge < -0.3 is 9.67 Å². The number of benzene rings is 1. The number of para-hydroxylation sites is 1. The van der Waals surface area contributed by atoms with Gasteiger partial charge in [-0.25, -0.2) is 9.78 Å². The molecule has 0 bridgehead atoms. The van der Waals surface area contributed by atoms with Crippen molar-refractivity contribution in [3.8, 4) is 0 Å². The molecule has 0 unspecified atom stereocenters. The Morgan fingerprint density at radius 2 is 2.19 bits per heavy atom. The summed E-state index contributed by atoms with van der Waals surface area (Å²) in [6.45, 7) is 3.82. The fraction of sp³-hybridized carbons (Fsp3) is 0.273. The van der Waals surface area contributed by atoms with Crippen LogP contribution in [-0.2, 0) is 0 Å². The number of hydrogen-bond acceptors (Lipinski definition) is 2. The highest BCUT2D eigenvalue weighted by atomic mass is 35.5. The number of nitrogens with zero attached hydrogens (tertiary/aromatic N) is 2. The average molecular weight is 239 g/mol. The highest BCUT2D eigenvalue weighted by Crippen LogP contribution is 2.26. The van der Waals surface area contributed by atoms with Gasteiger partial charge in [-0.2, -0.15) is 0 Å². The number of fused-ring (bicyclic) bond motifs is 1. The van der Waals surface area contributed by atoms with Crippen molar-refractivity contribution in [3.63, 3.8) is 0 Å². The van der Waals surface area contributed by atoms with E-state index < -0.39 is 5.97 Å². The quantitative estimate of drug-likeness (QED) is 0.875. The molecule has 0 aliphatic rings. The molecule has 0 saturated carbocycles. The van der Waals surface area contributed by atoms with Gasteiger partial charge in [-0.1, -0.05) is 17.7 Å². The maximum Gasteiger partial charge on any atom is 0.372 e. The zero-order valence-electron chi connectivity index (χ0n) is 8.94. The highest BCUT2D eigenvalue weighted by molar-refractivity contribution is 6.35. The summed E-state index contributed by atoms with van der Waals surface area (Å²) in [7, 11) is 0. The summed E-state index contributed by atoms with van der Waals surface area (Å²) in [4.78, 5) is 15.1. The fourth-order valence-corrected chi connectivity index (χ4v) is 1.97. The highest BCUT2D eigenvalue weighted by Gasteiger charge is 2.19. The molecule has 0 amide bonds. The molecule has 84 valence electrons. The number of carbonyl (C=O) groups is 1. The molecule has 4 nitrogen and oxygen atoms in total. The van der Waals surface area contributed by atoms with E-state index in [1.54, 1.807) is 16.7 Å². The normalized spacial score (nSPS) is 11.2. The van der Waals surface area contributed by atoms with E-state index in [0.29, 0.717) is 10.5 Å². The third-order valence-electron chi connectivity index (χ3n) is 2.38. The second-order valence-electron chi connectivity index (χ2n) is 3.81. The summed E-state index contributed by atoms with van der Waals surface area (Å²) < 4.78 is 1.67. The first kappa shape index (κ1) is 11.0. The van der Waals surface area contributed by atoms with Crippen molar-refractivity contribution >= 4 is 28.6 Å². The second kappa shape index (κ2) is 3.79. The molecule has 5 heteroatoms. The number of aromatic nitrogens is 2. The van der Waals surface area contributed by atoms with Crippen LogP contribution in [0.2, 0.25) is 5.02 Å². The van der Waals surface area contributed by atoms with E-state index in [0.717, 1.165) is 5.52 Å². The molecule has 1 N–H and O–H groups in total. The van der Waals surface area contributed by atoms with Crippen LogP contribution in [-0.4, -0.2) is 20.6 Å². The molecule has 1 aromatic carbocycles. The number of aromatic carboxylic acids is 1. The molecule has 0 aliphatic heterocycles. The van der Waals surface area contributed by atoms with Crippen LogP contribution in [0.1, 0.15) is 30.5 Å². The molecule has 1 heterocycles. The summed E-state index contributed by atoms with van der Waals surface area (Å²) in [5.74, 6) is -1.01. The zero-order chi connectivity index (χ0) is 11.9. The Morgan fingerprint density at radius 1 is 1.50 bits per heavy atom. The summed E-state index contributed by atoms with van der Waals surface area (Å²) in [5.41, 5.74) is 1.29. The number of halogens is 1. The Balaban J connectivity index is 2.86. The molecule has 0 aliphatic carbocycles. The van der Waals surface area contributed by atoms with Crippen molar-refractivity contribution in [2.75, 3.05) is 0 Å². The number of carboxylic acids is 1. The molecule has 1 aromatic heterocycles. The zero-order valence-corrected chi connectivity index (χ0v) is 9.69. The van der Waals surface area contributed by atoms with Crippen LogP contribution in [0.3, 0.4) is 0 Å². The summed E-state index contributed by atoms with van der Waals surface area (Å²) >= 11 is 5.98. The van der Waals surface area contributed by atoms with Crippen molar-refractivity contribution in [1.29, 1.82) is 0 Å². The molecule has 0 radical (unpaired) electrons. The Hall–Kier alpha value is -1.55. The van der Waals surface area contributed by atoms with Gasteiger partial charge in [0.25, 0.3) is 0 Å². The summed E-state index contributed by atoms with van der Waals surface area (Å²) in [6.07, 6.45) is 0. The van der Waals surface area contributed by atoms with Crippen LogP contribution in [0.15, 0.2) is 18.2 Å². The maximum atomic E-state index is 11.1. The Kier molecular flexibility index (Phi) is 2.59. The van der Waals surface area contributed by atoms with E-state index >= 15 is 0 Å². The summed E-state index contributed by atoms with van der Waals surface area (Å²) in [5, 5.41) is 9.55. The Morgan fingerprint density at radius 3 is 2.75 bits per heavy atom. The van der Waals surface area contributed by atoms with E-state index in [2.05, 4.69) is 4.98 Å². The minimum absolute atomic E-state index is 0.0227. The molecule has 2 aromatic rings. The van der Waals surface area contributed by atoms with Crippen LogP contribution in [0, 0.1) is 0 Å². The molecule has 0 fully saturated rings. The van der Waals surface area contributed by atoms with Gasteiger partial charge in [-0.05, 0) is 26.0 Å². The monoisotopic (exact) mass is 238 g/mol. The molecule has 0 atom stereocenters. The molecule has 0 spiro atoms. The van der Waals surface area contributed by atoms with Crippen molar-refractivity contribution < 1.29 is 9.90 Å². The topological polar surface area (TPSA) is 55.1 Å². The van der Waals surface area contributed by atoms with Gasteiger partial charge in [-0.15, -0.1) is 0 Å². The molecule has 16 heavy (non-hydrogen) atoms. The van der Waals surface area contributed by atoms with Gasteiger partial charge in [0.05, 0.1) is 10.5 Å². The van der Waals surface area contributed by atoms with Gasteiger partial charge >= 0.3 is 5.97 Å². The van der Waals surface area contributed by atoms with Crippen LogP contribution in [0.5, 0.6) is 0 Å². The Bertz CT molecular complexity index is 560. The molecule has 0 saturated heterocycles. The van der Waals surface area contributed by atoms with Crippen molar-refractivity contribution in [2.24, 2.45) is 0 Å². The van der Waals surface area contributed by atoms with Crippen LogP contribution in [0.4, 0.5) is 0 Å².